The number of hydrogen-bond donors (Lipinski definition) is 1. The average Bonchev–Trinajstić information content (AvgIpc) is 2.29. The molecule has 0 radical (unpaired) electrons. The number of nitrogens with zero attached hydrogens (tertiary/aromatic N) is 1. The normalized spacial score (nSPS) is 9.81. The van der Waals surface area contributed by atoms with Crippen molar-refractivity contribution >= 4 is 12.4 Å². The maximum atomic E-state index is 4.00. The van der Waals surface area contributed by atoms with Crippen molar-refractivity contribution in [1.82, 2.24) is 10.3 Å². The van der Waals surface area contributed by atoms with Gasteiger partial charge in [0.05, 0.1) is 0 Å². The van der Waals surface area contributed by atoms with Gasteiger partial charge < -0.3 is 5.32 Å². The van der Waals surface area contributed by atoms with E-state index in [1.807, 2.05) is 12.4 Å². The summed E-state index contributed by atoms with van der Waals surface area (Å²) in [5.74, 6) is 0. The summed E-state index contributed by atoms with van der Waals surface area (Å²) in [5, 5.41) is 3.45. The lowest BCUT2D eigenvalue weighted by atomic mass is 10.1. The summed E-state index contributed by atoms with van der Waals surface area (Å²) in [5.41, 5.74) is 1.32. The van der Waals surface area contributed by atoms with Crippen molar-refractivity contribution in [3.05, 3.63) is 30.1 Å². The number of nitrogens with one attached hydrogen (secondary N) is 1. The highest BCUT2D eigenvalue weighted by molar-refractivity contribution is 5.85. The van der Waals surface area contributed by atoms with Crippen LogP contribution < -0.4 is 5.32 Å². The molecule has 16 heavy (non-hydrogen) atoms. The molecule has 1 aromatic rings. The Bertz CT molecular complexity index is 239. The lowest BCUT2D eigenvalue weighted by Gasteiger charge is -2.04. The minimum absolute atomic E-state index is 0. The van der Waals surface area contributed by atoms with Crippen molar-refractivity contribution in [3.8, 4) is 0 Å². The molecule has 0 spiro atoms. The first-order valence-electron chi connectivity index (χ1n) is 6.03. The standard InChI is InChI=1S/C13H22N2.ClH/c1-2-3-4-5-6-9-15-12-13-7-10-14-11-8-13;/h7-8,10-11,15H,2-6,9,12H2,1H3;1H. The van der Waals surface area contributed by atoms with Crippen LogP contribution in [-0.4, -0.2) is 11.5 Å². The summed E-state index contributed by atoms with van der Waals surface area (Å²) >= 11 is 0. The summed E-state index contributed by atoms with van der Waals surface area (Å²) in [6.07, 6.45) is 10.4. The van der Waals surface area contributed by atoms with E-state index in [-0.39, 0.29) is 12.4 Å². The maximum absolute atomic E-state index is 4.00. The molecule has 0 aliphatic heterocycles. The van der Waals surface area contributed by atoms with Crippen molar-refractivity contribution in [2.45, 2.75) is 45.6 Å². The molecule has 0 atom stereocenters. The second-order valence-electron chi connectivity index (χ2n) is 3.95. The lowest BCUT2D eigenvalue weighted by molar-refractivity contribution is 0.583. The second-order valence-corrected chi connectivity index (χ2v) is 3.95. The fourth-order valence-electron chi connectivity index (χ4n) is 1.59. The van der Waals surface area contributed by atoms with Crippen LogP contribution in [0.5, 0.6) is 0 Å². The molecule has 0 bridgehead atoms. The van der Waals surface area contributed by atoms with Crippen molar-refractivity contribution in [2.75, 3.05) is 6.54 Å². The molecule has 0 fully saturated rings. The molecule has 1 rings (SSSR count). The van der Waals surface area contributed by atoms with Gasteiger partial charge in [-0.2, -0.15) is 0 Å². The van der Waals surface area contributed by atoms with Gasteiger partial charge in [-0.1, -0.05) is 32.6 Å². The second kappa shape index (κ2) is 10.9. The number of unbranched alkanes of at least 4 members (excludes halogenated alkanes) is 4. The molecule has 1 heterocycles. The fraction of sp³-hybridized carbons (Fsp3) is 0.615. The van der Waals surface area contributed by atoms with Crippen LogP contribution in [0, 0.1) is 0 Å². The summed E-state index contributed by atoms with van der Waals surface area (Å²) in [7, 11) is 0. The maximum Gasteiger partial charge on any atom is 0.0271 e. The number of pyridine rings is 1. The Hall–Kier alpha value is -0.600. The van der Waals surface area contributed by atoms with Crippen LogP contribution >= 0.6 is 12.4 Å². The van der Waals surface area contributed by atoms with Crippen molar-refractivity contribution in [3.63, 3.8) is 0 Å². The van der Waals surface area contributed by atoms with Crippen LogP contribution in [-0.2, 0) is 6.54 Å². The van der Waals surface area contributed by atoms with Crippen LogP contribution in [0.3, 0.4) is 0 Å². The van der Waals surface area contributed by atoms with Gasteiger partial charge in [0.15, 0.2) is 0 Å². The molecule has 0 saturated heterocycles. The fourth-order valence-corrected chi connectivity index (χ4v) is 1.59. The topological polar surface area (TPSA) is 24.9 Å². The van der Waals surface area contributed by atoms with Crippen LogP contribution in [0.25, 0.3) is 0 Å². The van der Waals surface area contributed by atoms with E-state index in [0.29, 0.717) is 0 Å². The predicted molar refractivity (Wildman–Crippen MR) is 72.0 cm³/mol. The van der Waals surface area contributed by atoms with E-state index in [1.165, 1.54) is 37.7 Å². The third kappa shape index (κ3) is 7.66. The molecule has 1 aromatic heterocycles. The molecular formula is C13H23ClN2. The zero-order valence-corrected chi connectivity index (χ0v) is 10.9. The Morgan fingerprint density at radius 3 is 2.44 bits per heavy atom. The highest BCUT2D eigenvalue weighted by Gasteiger charge is 1.91. The largest absolute Gasteiger partial charge is 0.313 e. The molecule has 3 heteroatoms. The highest BCUT2D eigenvalue weighted by Crippen LogP contribution is 2.01. The van der Waals surface area contributed by atoms with E-state index < -0.39 is 0 Å². The van der Waals surface area contributed by atoms with Gasteiger partial charge in [-0.05, 0) is 30.7 Å². The average molecular weight is 243 g/mol. The van der Waals surface area contributed by atoms with Crippen LogP contribution in [0.1, 0.15) is 44.6 Å². The zero-order valence-electron chi connectivity index (χ0n) is 10.1. The summed E-state index contributed by atoms with van der Waals surface area (Å²) in [4.78, 5) is 4.00. The van der Waals surface area contributed by atoms with Gasteiger partial charge in [-0.25, -0.2) is 0 Å². The summed E-state index contributed by atoms with van der Waals surface area (Å²) < 4.78 is 0. The van der Waals surface area contributed by atoms with E-state index in [0.717, 1.165) is 13.1 Å². The Balaban J connectivity index is 0.00000225. The molecular weight excluding hydrogens is 220 g/mol. The molecule has 2 nitrogen and oxygen atoms in total. The Labute approximate surface area is 105 Å². The molecule has 0 aromatic carbocycles. The van der Waals surface area contributed by atoms with E-state index >= 15 is 0 Å². The third-order valence-corrected chi connectivity index (χ3v) is 2.54. The van der Waals surface area contributed by atoms with E-state index in [4.69, 9.17) is 0 Å². The van der Waals surface area contributed by atoms with Gasteiger partial charge in [0.2, 0.25) is 0 Å². The first-order valence-corrected chi connectivity index (χ1v) is 6.03. The van der Waals surface area contributed by atoms with E-state index in [2.05, 4.69) is 29.4 Å². The van der Waals surface area contributed by atoms with Gasteiger partial charge in [0.25, 0.3) is 0 Å². The van der Waals surface area contributed by atoms with Gasteiger partial charge in [0, 0.05) is 18.9 Å². The molecule has 0 amide bonds. The Morgan fingerprint density at radius 1 is 1.06 bits per heavy atom. The first-order chi connectivity index (χ1) is 7.43. The van der Waals surface area contributed by atoms with E-state index in [1.54, 1.807) is 0 Å². The number of halogens is 1. The Morgan fingerprint density at radius 2 is 1.75 bits per heavy atom. The molecule has 0 unspecified atom stereocenters. The lowest BCUT2D eigenvalue weighted by Crippen LogP contribution is -2.14. The van der Waals surface area contributed by atoms with Crippen LogP contribution in [0.4, 0.5) is 0 Å². The van der Waals surface area contributed by atoms with Gasteiger partial charge in [-0.15, -0.1) is 12.4 Å². The molecule has 0 aliphatic rings. The zero-order chi connectivity index (χ0) is 10.8. The van der Waals surface area contributed by atoms with Crippen molar-refractivity contribution < 1.29 is 0 Å². The molecule has 1 N–H and O–H groups in total. The van der Waals surface area contributed by atoms with Gasteiger partial charge in [-0.3, -0.25) is 4.98 Å². The number of aromatic nitrogens is 1. The minimum Gasteiger partial charge on any atom is -0.313 e. The third-order valence-electron chi connectivity index (χ3n) is 2.54. The number of hydrogen-bond acceptors (Lipinski definition) is 2. The van der Waals surface area contributed by atoms with Crippen LogP contribution in [0.15, 0.2) is 24.5 Å². The van der Waals surface area contributed by atoms with Crippen LogP contribution in [0.2, 0.25) is 0 Å². The summed E-state index contributed by atoms with van der Waals surface area (Å²) in [6, 6.07) is 4.12. The van der Waals surface area contributed by atoms with Gasteiger partial charge in [0.1, 0.15) is 0 Å². The minimum atomic E-state index is 0. The molecule has 0 saturated carbocycles. The van der Waals surface area contributed by atoms with E-state index in [9.17, 15) is 0 Å². The number of rotatable bonds is 8. The summed E-state index contributed by atoms with van der Waals surface area (Å²) in [6.45, 7) is 4.35. The monoisotopic (exact) mass is 242 g/mol. The molecule has 0 aliphatic carbocycles. The van der Waals surface area contributed by atoms with Gasteiger partial charge >= 0.3 is 0 Å². The van der Waals surface area contributed by atoms with Crippen molar-refractivity contribution in [2.24, 2.45) is 0 Å². The quantitative estimate of drug-likeness (QED) is 0.705. The Kier molecular flexibility index (Phi) is 10.5. The molecule has 92 valence electrons. The highest BCUT2D eigenvalue weighted by atomic mass is 35.5. The smallest absolute Gasteiger partial charge is 0.0271 e. The first kappa shape index (κ1) is 15.4. The SMILES string of the molecule is CCCCCCCNCc1ccncc1.Cl. The predicted octanol–water partition coefficient (Wildman–Crippen LogP) is 3.56. The van der Waals surface area contributed by atoms with Crippen molar-refractivity contribution in [1.29, 1.82) is 0 Å².